The van der Waals surface area contributed by atoms with Gasteiger partial charge in [0.1, 0.15) is 5.54 Å². The van der Waals surface area contributed by atoms with Crippen LogP contribution in [0.2, 0.25) is 0 Å². The molecule has 1 heterocycles. The Morgan fingerprint density at radius 2 is 2.50 bits per heavy atom. The van der Waals surface area contributed by atoms with Gasteiger partial charge in [0.05, 0.1) is 6.07 Å². The lowest BCUT2D eigenvalue weighted by Crippen LogP contribution is -2.29. The number of nitriles is 1. The first kappa shape index (κ1) is 7.26. The van der Waals surface area contributed by atoms with Crippen molar-refractivity contribution in [3.8, 4) is 6.07 Å². The minimum absolute atomic E-state index is 0.819. The van der Waals surface area contributed by atoms with Crippen molar-refractivity contribution in [3.05, 3.63) is 22.4 Å². The minimum atomic E-state index is -0.819. The van der Waals surface area contributed by atoms with Gasteiger partial charge in [-0.05, 0) is 29.3 Å². The van der Waals surface area contributed by atoms with E-state index in [1.54, 1.807) is 18.3 Å². The molecule has 1 aromatic heterocycles. The first-order chi connectivity index (χ1) is 4.67. The maximum atomic E-state index is 8.60. The van der Waals surface area contributed by atoms with E-state index >= 15 is 0 Å². The summed E-state index contributed by atoms with van der Waals surface area (Å²) >= 11 is 1.55. The lowest BCUT2D eigenvalue weighted by molar-refractivity contribution is 0.649. The summed E-state index contributed by atoms with van der Waals surface area (Å²) in [6.45, 7) is 1.70. The maximum Gasteiger partial charge on any atom is 0.127 e. The van der Waals surface area contributed by atoms with Crippen LogP contribution in [0.15, 0.2) is 16.8 Å². The summed E-state index contributed by atoms with van der Waals surface area (Å²) in [6, 6.07) is 3.90. The average Bonchev–Trinajstić information content (AvgIpc) is 2.38. The van der Waals surface area contributed by atoms with Crippen molar-refractivity contribution in [1.29, 1.82) is 5.26 Å². The Hall–Kier alpha value is -0.850. The minimum Gasteiger partial charge on any atom is -0.310 e. The highest BCUT2D eigenvalue weighted by Gasteiger charge is 2.19. The summed E-state index contributed by atoms with van der Waals surface area (Å²) < 4.78 is 0. The standard InChI is InChI=1S/C7H8N2S/c1-7(9,5-8)6-2-3-10-4-6/h2-4H,9H2,1H3. The van der Waals surface area contributed by atoms with Crippen molar-refractivity contribution >= 4 is 11.3 Å². The summed E-state index contributed by atoms with van der Waals surface area (Å²) in [5.41, 5.74) is 5.70. The molecule has 0 aromatic carbocycles. The van der Waals surface area contributed by atoms with Crippen molar-refractivity contribution in [2.45, 2.75) is 12.5 Å². The van der Waals surface area contributed by atoms with Crippen LogP contribution >= 0.6 is 11.3 Å². The third-order valence-corrected chi connectivity index (χ3v) is 2.04. The third kappa shape index (κ3) is 1.18. The third-order valence-electron chi connectivity index (χ3n) is 1.35. The van der Waals surface area contributed by atoms with Crippen LogP contribution in [0.1, 0.15) is 12.5 Å². The quantitative estimate of drug-likeness (QED) is 0.662. The first-order valence-electron chi connectivity index (χ1n) is 2.89. The Morgan fingerprint density at radius 3 is 2.90 bits per heavy atom. The molecule has 0 aliphatic rings. The highest BCUT2D eigenvalue weighted by Crippen LogP contribution is 2.18. The van der Waals surface area contributed by atoms with E-state index in [0.717, 1.165) is 5.56 Å². The Bertz CT molecular complexity index is 243. The summed E-state index contributed by atoms with van der Waals surface area (Å²) in [5, 5.41) is 12.4. The van der Waals surface area contributed by atoms with Crippen molar-refractivity contribution in [3.63, 3.8) is 0 Å². The van der Waals surface area contributed by atoms with Gasteiger partial charge in [-0.25, -0.2) is 0 Å². The number of hydrogen-bond donors (Lipinski definition) is 1. The summed E-state index contributed by atoms with van der Waals surface area (Å²) in [7, 11) is 0. The normalized spacial score (nSPS) is 15.7. The van der Waals surface area contributed by atoms with Gasteiger partial charge >= 0.3 is 0 Å². The van der Waals surface area contributed by atoms with Crippen LogP contribution in [0.5, 0.6) is 0 Å². The van der Waals surface area contributed by atoms with Crippen LogP contribution < -0.4 is 5.73 Å². The second kappa shape index (κ2) is 2.41. The Morgan fingerprint density at radius 1 is 1.80 bits per heavy atom. The molecular formula is C7H8N2S. The van der Waals surface area contributed by atoms with Gasteiger partial charge < -0.3 is 5.73 Å². The van der Waals surface area contributed by atoms with E-state index in [4.69, 9.17) is 11.0 Å². The van der Waals surface area contributed by atoms with Crippen molar-refractivity contribution in [2.75, 3.05) is 0 Å². The summed E-state index contributed by atoms with van der Waals surface area (Å²) in [5.74, 6) is 0. The van der Waals surface area contributed by atoms with Crippen molar-refractivity contribution in [1.82, 2.24) is 0 Å². The van der Waals surface area contributed by atoms with Crippen LogP contribution in [-0.2, 0) is 5.54 Å². The SMILES string of the molecule is CC(N)(C#N)c1ccsc1. The predicted molar refractivity (Wildman–Crippen MR) is 41.5 cm³/mol. The molecule has 0 saturated heterocycles. The van der Waals surface area contributed by atoms with E-state index in [9.17, 15) is 0 Å². The van der Waals surface area contributed by atoms with Crippen LogP contribution in [0.3, 0.4) is 0 Å². The van der Waals surface area contributed by atoms with Crippen LogP contribution in [0, 0.1) is 11.3 Å². The average molecular weight is 152 g/mol. The number of rotatable bonds is 1. The zero-order valence-corrected chi connectivity index (χ0v) is 6.48. The molecule has 1 atom stereocenters. The van der Waals surface area contributed by atoms with Gasteiger partial charge in [-0.2, -0.15) is 16.6 Å². The fourth-order valence-electron chi connectivity index (χ4n) is 0.625. The van der Waals surface area contributed by atoms with Crippen molar-refractivity contribution < 1.29 is 0 Å². The zero-order chi connectivity index (χ0) is 7.61. The second-order valence-corrected chi connectivity index (χ2v) is 3.11. The molecule has 0 radical (unpaired) electrons. The van der Waals surface area contributed by atoms with Gasteiger partial charge in [0.2, 0.25) is 0 Å². The molecule has 2 nitrogen and oxygen atoms in total. The van der Waals surface area contributed by atoms with Crippen molar-refractivity contribution in [2.24, 2.45) is 5.73 Å². The largest absolute Gasteiger partial charge is 0.310 e. The molecule has 0 fully saturated rings. The molecule has 0 amide bonds. The van der Waals surface area contributed by atoms with Gasteiger partial charge in [-0.15, -0.1) is 0 Å². The van der Waals surface area contributed by atoms with E-state index in [-0.39, 0.29) is 0 Å². The van der Waals surface area contributed by atoms with E-state index in [0.29, 0.717) is 0 Å². The molecule has 1 unspecified atom stereocenters. The lowest BCUT2D eigenvalue weighted by atomic mass is 9.99. The van der Waals surface area contributed by atoms with E-state index in [2.05, 4.69) is 0 Å². The lowest BCUT2D eigenvalue weighted by Gasteiger charge is -2.11. The fraction of sp³-hybridized carbons (Fsp3) is 0.286. The highest BCUT2D eigenvalue weighted by molar-refractivity contribution is 7.08. The molecule has 1 rings (SSSR count). The molecule has 3 heteroatoms. The van der Waals surface area contributed by atoms with E-state index in [1.165, 1.54) is 0 Å². The number of thiophene rings is 1. The Balaban J connectivity index is 2.99. The molecule has 2 N–H and O–H groups in total. The molecule has 0 saturated carbocycles. The first-order valence-corrected chi connectivity index (χ1v) is 3.84. The van der Waals surface area contributed by atoms with Crippen LogP contribution in [0.25, 0.3) is 0 Å². The molecule has 1 aromatic rings. The van der Waals surface area contributed by atoms with Gasteiger partial charge in [-0.1, -0.05) is 0 Å². The van der Waals surface area contributed by atoms with Crippen LogP contribution in [-0.4, -0.2) is 0 Å². The molecular weight excluding hydrogens is 144 g/mol. The fourth-order valence-corrected chi connectivity index (χ4v) is 1.40. The van der Waals surface area contributed by atoms with Gasteiger partial charge in [0, 0.05) is 0 Å². The van der Waals surface area contributed by atoms with Gasteiger partial charge in [0.25, 0.3) is 0 Å². The number of hydrogen-bond acceptors (Lipinski definition) is 3. The topological polar surface area (TPSA) is 49.8 Å². The smallest absolute Gasteiger partial charge is 0.127 e. The van der Waals surface area contributed by atoms with Crippen LogP contribution in [0.4, 0.5) is 0 Å². The van der Waals surface area contributed by atoms with Gasteiger partial charge in [0.15, 0.2) is 0 Å². The predicted octanol–water partition coefficient (Wildman–Crippen LogP) is 1.45. The Kier molecular flexibility index (Phi) is 1.75. The second-order valence-electron chi connectivity index (χ2n) is 2.33. The Labute approximate surface area is 63.9 Å². The number of nitrogens with two attached hydrogens (primary N) is 1. The summed E-state index contributed by atoms with van der Waals surface area (Å²) in [4.78, 5) is 0. The molecule has 0 spiro atoms. The molecule has 0 bridgehead atoms. The van der Waals surface area contributed by atoms with E-state index < -0.39 is 5.54 Å². The number of nitrogens with zero attached hydrogens (tertiary/aromatic N) is 1. The maximum absolute atomic E-state index is 8.60. The summed E-state index contributed by atoms with van der Waals surface area (Å²) in [6.07, 6.45) is 0. The molecule has 52 valence electrons. The van der Waals surface area contributed by atoms with Gasteiger partial charge in [-0.3, -0.25) is 0 Å². The zero-order valence-electron chi connectivity index (χ0n) is 5.66. The van der Waals surface area contributed by atoms with E-state index in [1.807, 2.05) is 22.9 Å². The molecule has 0 aliphatic heterocycles. The molecule has 10 heavy (non-hydrogen) atoms. The molecule has 0 aliphatic carbocycles. The highest BCUT2D eigenvalue weighted by atomic mass is 32.1. The monoisotopic (exact) mass is 152 g/mol.